The van der Waals surface area contributed by atoms with Crippen LogP contribution in [0.3, 0.4) is 0 Å². The van der Waals surface area contributed by atoms with E-state index in [-0.39, 0.29) is 24.8 Å². The Kier molecular flexibility index (Phi) is 5.06. The molecule has 0 saturated carbocycles. The van der Waals surface area contributed by atoms with Gasteiger partial charge >= 0.3 is 0 Å². The van der Waals surface area contributed by atoms with Crippen LogP contribution in [0, 0.1) is 0 Å². The third kappa shape index (κ3) is 3.74. The van der Waals surface area contributed by atoms with Crippen molar-refractivity contribution in [3.63, 3.8) is 0 Å². The van der Waals surface area contributed by atoms with E-state index in [1.807, 2.05) is 54.6 Å². The Morgan fingerprint density at radius 1 is 1.00 bits per heavy atom. The quantitative estimate of drug-likeness (QED) is 0.510. The maximum Gasteiger partial charge on any atom is 0.231 e. The van der Waals surface area contributed by atoms with Crippen molar-refractivity contribution < 1.29 is 19.9 Å². The van der Waals surface area contributed by atoms with Crippen molar-refractivity contribution in [1.82, 2.24) is 5.32 Å². The summed E-state index contributed by atoms with van der Waals surface area (Å²) in [6.07, 6.45) is 2.06. The van der Waals surface area contributed by atoms with Crippen molar-refractivity contribution in [3.8, 4) is 17.2 Å². The van der Waals surface area contributed by atoms with Gasteiger partial charge in [0.15, 0.2) is 17.7 Å². The van der Waals surface area contributed by atoms with Crippen molar-refractivity contribution in [2.24, 2.45) is 0 Å². The molecule has 2 aliphatic rings. The van der Waals surface area contributed by atoms with E-state index in [1.165, 1.54) is 0 Å². The predicted molar refractivity (Wildman–Crippen MR) is 118 cm³/mol. The van der Waals surface area contributed by atoms with Crippen LogP contribution in [0.15, 0.2) is 71.2 Å². The van der Waals surface area contributed by atoms with Gasteiger partial charge in [0.05, 0.1) is 5.56 Å². The second-order valence-electron chi connectivity index (χ2n) is 7.24. The second kappa shape index (κ2) is 7.87. The van der Waals surface area contributed by atoms with Gasteiger partial charge in [0, 0.05) is 32.4 Å². The Hall–Kier alpha value is -2.67. The molecular formula is C23H19BrClN2O3+. The standard InChI is InChI=1S/C23H18BrClN2O3/c24-15-4-7-20(28)17(10-15)19-11-18(14-3-8-21-22(9-14)30-12-29-21)26-23(27-19)13-1-5-16(25)6-2-13/h1-11,19,23,26-28H,12H2/p+1. The van der Waals surface area contributed by atoms with Gasteiger partial charge in [-0.3, -0.25) is 0 Å². The fourth-order valence-electron chi connectivity index (χ4n) is 3.80. The summed E-state index contributed by atoms with van der Waals surface area (Å²) in [5, 5.41) is 17.0. The van der Waals surface area contributed by atoms with Crippen LogP contribution in [0.4, 0.5) is 0 Å². The van der Waals surface area contributed by atoms with Gasteiger partial charge in [0.25, 0.3) is 0 Å². The summed E-state index contributed by atoms with van der Waals surface area (Å²) in [5.41, 5.74) is 3.87. The molecular weight excluding hydrogens is 468 g/mol. The van der Waals surface area contributed by atoms with Crippen molar-refractivity contribution >= 4 is 33.2 Å². The molecule has 2 atom stereocenters. The third-order valence-corrected chi connectivity index (χ3v) is 6.06. The summed E-state index contributed by atoms with van der Waals surface area (Å²) in [6, 6.07) is 19.1. The zero-order chi connectivity index (χ0) is 20.7. The number of hydrogen-bond donors (Lipinski definition) is 3. The highest BCUT2D eigenvalue weighted by Gasteiger charge is 2.30. The van der Waals surface area contributed by atoms with Gasteiger partial charge in [0.2, 0.25) is 6.79 Å². The summed E-state index contributed by atoms with van der Waals surface area (Å²) in [4.78, 5) is 0. The molecule has 0 aromatic heterocycles. The van der Waals surface area contributed by atoms with E-state index in [0.29, 0.717) is 5.02 Å². The highest BCUT2D eigenvalue weighted by Crippen LogP contribution is 2.36. The molecule has 5 nitrogen and oxygen atoms in total. The molecule has 0 spiro atoms. The molecule has 152 valence electrons. The Morgan fingerprint density at radius 2 is 1.80 bits per heavy atom. The maximum atomic E-state index is 10.5. The van der Waals surface area contributed by atoms with Crippen molar-refractivity contribution in [3.05, 3.63) is 92.9 Å². The van der Waals surface area contributed by atoms with Gasteiger partial charge < -0.3 is 25.2 Å². The Bertz CT molecular complexity index is 1130. The second-order valence-corrected chi connectivity index (χ2v) is 8.60. The number of fused-ring (bicyclic) bond motifs is 1. The van der Waals surface area contributed by atoms with Crippen LogP contribution < -0.4 is 20.1 Å². The van der Waals surface area contributed by atoms with E-state index in [2.05, 4.69) is 32.6 Å². The highest BCUT2D eigenvalue weighted by molar-refractivity contribution is 9.10. The number of rotatable bonds is 3. The average molecular weight is 487 g/mol. The van der Waals surface area contributed by atoms with Crippen LogP contribution in [0.1, 0.15) is 28.9 Å². The monoisotopic (exact) mass is 485 g/mol. The lowest BCUT2D eigenvalue weighted by atomic mass is 9.97. The zero-order valence-corrected chi connectivity index (χ0v) is 18.2. The minimum absolute atomic E-state index is 0.0592. The number of aromatic hydroxyl groups is 1. The molecule has 0 aliphatic carbocycles. The van der Waals surface area contributed by atoms with E-state index < -0.39 is 0 Å². The molecule has 0 amide bonds. The molecule has 2 unspecified atom stereocenters. The first-order chi connectivity index (χ1) is 14.6. The first-order valence-electron chi connectivity index (χ1n) is 9.54. The normalized spacial score (nSPS) is 19.9. The van der Waals surface area contributed by atoms with Gasteiger partial charge in [-0.15, -0.1) is 0 Å². The van der Waals surface area contributed by atoms with E-state index >= 15 is 0 Å². The topological polar surface area (TPSA) is 67.3 Å². The Morgan fingerprint density at radius 3 is 2.63 bits per heavy atom. The van der Waals surface area contributed by atoms with Gasteiger partial charge in [-0.25, -0.2) is 0 Å². The first kappa shape index (κ1) is 19.3. The molecule has 5 rings (SSSR count). The lowest BCUT2D eigenvalue weighted by Gasteiger charge is -2.30. The number of phenols is 1. The van der Waals surface area contributed by atoms with Crippen LogP contribution >= 0.6 is 27.5 Å². The van der Waals surface area contributed by atoms with E-state index in [4.69, 9.17) is 21.1 Å². The molecule has 0 fully saturated rings. The summed E-state index contributed by atoms with van der Waals surface area (Å²) in [5.74, 6) is 1.74. The lowest BCUT2D eigenvalue weighted by Crippen LogP contribution is -2.89. The lowest BCUT2D eigenvalue weighted by molar-refractivity contribution is -0.731. The fraction of sp³-hybridized carbons (Fsp3) is 0.130. The third-order valence-electron chi connectivity index (χ3n) is 5.32. The SMILES string of the molecule is Oc1ccc(Br)cc1C1C=C(c2ccc3c(c2)OCO3)NC(c2ccc(Cl)cc2)[NH2+]1. The summed E-state index contributed by atoms with van der Waals surface area (Å²) >= 11 is 9.60. The van der Waals surface area contributed by atoms with Gasteiger partial charge in [-0.1, -0.05) is 27.5 Å². The molecule has 2 aliphatic heterocycles. The Balaban J connectivity index is 1.57. The molecule has 3 aromatic carbocycles. The number of ether oxygens (including phenoxy) is 2. The Labute approximate surface area is 187 Å². The molecule has 0 saturated heterocycles. The maximum absolute atomic E-state index is 10.5. The fourth-order valence-corrected chi connectivity index (χ4v) is 4.30. The number of quaternary nitrogens is 1. The van der Waals surface area contributed by atoms with Crippen LogP contribution in [0.2, 0.25) is 5.02 Å². The van der Waals surface area contributed by atoms with E-state index in [9.17, 15) is 5.11 Å². The molecule has 0 radical (unpaired) electrons. The molecule has 30 heavy (non-hydrogen) atoms. The number of halogens is 2. The van der Waals surface area contributed by atoms with Crippen LogP contribution in [-0.2, 0) is 0 Å². The van der Waals surface area contributed by atoms with Gasteiger partial charge in [-0.2, -0.15) is 0 Å². The minimum atomic E-state index is -0.0927. The number of phenolic OH excluding ortho intramolecular Hbond substituents is 1. The number of hydrogen-bond acceptors (Lipinski definition) is 4. The van der Waals surface area contributed by atoms with Gasteiger partial charge in [-0.05, 0) is 60.7 Å². The van der Waals surface area contributed by atoms with E-state index in [0.717, 1.165) is 38.4 Å². The molecule has 0 bridgehead atoms. The smallest absolute Gasteiger partial charge is 0.231 e. The number of benzene rings is 3. The predicted octanol–water partition coefficient (Wildman–Crippen LogP) is 4.48. The molecule has 3 aromatic rings. The summed E-state index contributed by atoms with van der Waals surface area (Å²) < 4.78 is 11.9. The van der Waals surface area contributed by atoms with Crippen molar-refractivity contribution in [2.75, 3.05) is 6.79 Å². The number of nitrogens with one attached hydrogen (secondary N) is 1. The van der Waals surface area contributed by atoms with Crippen molar-refractivity contribution in [2.45, 2.75) is 12.2 Å². The molecule has 4 N–H and O–H groups in total. The molecule has 7 heteroatoms. The summed E-state index contributed by atoms with van der Waals surface area (Å²) in [6.45, 7) is 0.237. The highest BCUT2D eigenvalue weighted by atomic mass is 79.9. The largest absolute Gasteiger partial charge is 0.507 e. The van der Waals surface area contributed by atoms with Crippen LogP contribution in [0.25, 0.3) is 5.70 Å². The first-order valence-corrected chi connectivity index (χ1v) is 10.7. The van der Waals surface area contributed by atoms with E-state index in [1.54, 1.807) is 6.07 Å². The minimum Gasteiger partial charge on any atom is -0.507 e. The van der Waals surface area contributed by atoms with Crippen LogP contribution in [-0.4, -0.2) is 11.9 Å². The van der Waals surface area contributed by atoms with Crippen molar-refractivity contribution in [1.29, 1.82) is 0 Å². The van der Waals surface area contributed by atoms with Crippen LogP contribution in [0.5, 0.6) is 17.2 Å². The zero-order valence-electron chi connectivity index (χ0n) is 15.8. The number of nitrogens with two attached hydrogens (primary N) is 1. The molecule has 2 heterocycles. The van der Waals surface area contributed by atoms with Gasteiger partial charge in [0.1, 0.15) is 11.8 Å². The summed E-state index contributed by atoms with van der Waals surface area (Å²) in [7, 11) is 0. The average Bonchev–Trinajstić information content (AvgIpc) is 3.23.